The fourth-order valence-electron chi connectivity index (χ4n) is 3.99. The molecule has 172 valence electrons. The molecule has 1 saturated heterocycles. The van der Waals surface area contributed by atoms with Crippen molar-refractivity contribution in [2.24, 2.45) is 17.3 Å². The Morgan fingerprint density at radius 2 is 2.10 bits per heavy atom. The van der Waals surface area contributed by atoms with Crippen molar-refractivity contribution >= 4 is 22.9 Å². The number of hydrogen-bond acceptors (Lipinski definition) is 6. The van der Waals surface area contributed by atoms with Crippen LogP contribution >= 0.6 is 22.9 Å². The Balaban J connectivity index is 1.76. The first-order valence-electron chi connectivity index (χ1n) is 10.3. The second-order valence-corrected chi connectivity index (χ2v) is 10.6. The van der Waals surface area contributed by atoms with Crippen LogP contribution in [0.25, 0.3) is 10.6 Å². The monoisotopic (exact) mass is 474 g/mol. The van der Waals surface area contributed by atoms with Gasteiger partial charge in [0.2, 0.25) is 0 Å². The fraction of sp³-hybridized carbons (Fsp3) is 0.591. The van der Waals surface area contributed by atoms with Crippen LogP contribution in [0.2, 0.25) is 5.02 Å². The van der Waals surface area contributed by atoms with Gasteiger partial charge in [0.25, 0.3) is 0 Å². The van der Waals surface area contributed by atoms with Gasteiger partial charge in [-0.25, -0.2) is 4.98 Å². The topological polar surface area (TPSA) is 54.8 Å². The Labute approximate surface area is 191 Å². The molecule has 1 aromatic heterocycles. The Morgan fingerprint density at radius 3 is 2.77 bits per heavy atom. The van der Waals surface area contributed by atoms with Gasteiger partial charge in [-0.15, -0.1) is 11.3 Å². The zero-order chi connectivity index (χ0) is 22.6. The number of halogens is 3. The van der Waals surface area contributed by atoms with Gasteiger partial charge in [-0.05, 0) is 41.9 Å². The summed E-state index contributed by atoms with van der Waals surface area (Å²) < 4.78 is 35.5. The molecule has 5 nitrogen and oxygen atoms in total. The van der Waals surface area contributed by atoms with Gasteiger partial charge in [-0.3, -0.25) is 4.90 Å². The predicted octanol–water partition coefficient (Wildman–Crippen LogP) is 5.52. The highest BCUT2D eigenvalue weighted by Gasteiger charge is 2.34. The van der Waals surface area contributed by atoms with Gasteiger partial charge in [-0.2, -0.15) is 8.78 Å². The van der Waals surface area contributed by atoms with Crippen LogP contribution in [0.15, 0.2) is 24.4 Å². The van der Waals surface area contributed by atoms with Crippen molar-refractivity contribution in [3.05, 3.63) is 34.3 Å². The molecule has 1 N–H and O–H groups in total. The number of hydrogen-bond donors (Lipinski definition) is 1. The molecule has 0 saturated carbocycles. The van der Waals surface area contributed by atoms with Crippen LogP contribution in [-0.4, -0.2) is 48.1 Å². The quantitative estimate of drug-likeness (QED) is 0.511. The van der Waals surface area contributed by atoms with Crippen molar-refractivity contribution in [3.8, 4) is 16.3 Å². The summed E-state index contributed by atoms with van der Waals surface area (Å²) in [5.74, 6) is 0.906. The Hall–Kier alpha value is -1.32. The van der Waals surface area contributed by atoms with E-state index in [1.165, 1.54) is 23.5 Å². The van der Waals surface area contributed by atoms with Crippen LogP contribution < -0.4 is 4.74 Å². The number of piperidine rings is 1. The minimum absolute atomic E-state index is 0.0623. The van der Waals surface area contributed by atoms with E-state index in [9.17, 15) is 8.78 Å². The number of alkyl halides is 2. The lowest BCUT2D eigenvalue weighted by Gasteiger charge is -2.43. The predicted molar refractivity (Wildman–Crippen MR) is 119 cm³/mol. The summed E-state index contributed by atoms with van der Waals surface area (Å²) in [5.41, 5.74) is 0.626. The molecule has 2 atom stereocenters. The fourth-order valence-corrected chi connectivity index (χ4v) is 5.14. The maximum atomic E-state index is 12.8. The van der Waals surface area contributed by atoms with Crippen molar-refractivity contribution in [1.29, 1.82) is 0 Å². The molecule has 1 aliphatic heterocycles. The first-order valence-corrected chi connectivity index (χ1v) is 11.5. The third-order valence-electron chi connectivity index (χ3n) is 5.60. The highest BCUT2D eigenvalue weighted by atomic mass is 35.5. The summed E-state index contributed by atoms with van der Waals surface area (Å²) in [7, 11) is 0. The maximum Gasteiger partial charge on any atom is 0.387 e. The Bertz CT molecular complexity index is 860. The molecule has 2 heterocycles. The second kappa shape index (κ2) is 10.5. The van der Waals surface area contributed by atoms with Crippen LogP contribution in [0.4, 0.5) is 8.78 Å². The lowest BCUT2D eigenvalue weighted by atomic mass is 9.73. The molecule has 1 aromatic carbocycles. The zero-order valence-electron chi connectivity index (χ0n) is 18.0. The summed E-state index contributed by atoms with van der Waals surface area (Å²) in [6.07, 6.45) is 2.85. The molecule has 0 radical (unpaired) electrons. The van der Waals surface area contributed by atoms with Crippen LogP contribution in [-0.2, 0) is 11.3 Å². The second-order valence-electron chi connectivity index (χ2n) is 9.01. The number of likely N-dealkylation sites (tertiary alicyclic amines) is 1. The Morgan fingerprint density at radius 1 is 1.32 bits per heavy atom. The number of benzene rings is 1. The van der Waals surface area contributed by atoms with E-state index in [1.807, 2.05) is 0 Å². The minimum Gasteiger partial charge on any atom is -0.434 e. The molecule has 1 aliphatic rings. The lowest BCUT2D eigenvalue weighted by molar-refractivity contribution is -0.0494. The van der Waals surface area contributed by atoms with Gasteiger partial charge in [0.1, 0.15) is 17.6 Å². The molecule has 0 unspecified atom stereocenters. The summed E-state index contributed by atoms with van der Waals surface area (Å²) in [6.45, 7) is 6.65. The van der Waals surface area contributed by atoms with Crippen molar-refractivity contribution < 1.29 is 23.4 Å². The zero-order valence-corrected chi connectivity index (χ0v) is 19.6. The van der Waals surface area contributed by atoms with E-state index in [1.54, 1.807) is 12.3 Å². The number of thiazole rings is 1. The van der Waals surface area contributed by atoms with Gasteiger partial charge < -0.3 is 14.6 Å². The van der Waals surface area contributed by atoms with Gasteiger partial charge >= 0.3 is 6.61 Å². The summed E-state index contributed by atoms with van der Waals surface area (Å²) in [6, 6.07) is 4.56. The highest BCUT2D eigenvalue weighted by Crippen LogP contribution is 2.38. The third kappa shape index (κ3) is 6.83. The molecule has 0 bridgehead atoms. The van der Waals surface area contributed by atoms with E-state index in [0.717, 1.165) is 24.4 Å². The molecule has 3 rings (SSSR count). The van der Waals surface area contributed by atoms with Crippen molar-refractivity contribution in [1.82, 2.24) is 9.88 Å². The number of ether oxygens (including phenoxy) is 2. The number of nitrogens with zero attached hydrogens (tertiary/aromatic N) is 2. The molecule has 1 fully saturated rings. The minimum atomic E-state index is -2.92. The number of aromatic nitrogens is 1. The van der Waals surface area contributed by atoms with Crippen molar-refractivity contribution in [2.45, 2.75) is 40.3 Å². The van der Waals surface area contributed by atoms with E-state index in [4.69, 9.17) is 21.4 Å². The molecule has 31 heavy (non-hydrogen) atoms. The normalized spacial score (nSPS) is 20.4. The number of aliphatic hydroxyl groups excluding tert-OH is 1. The van der Waals surface area contributed by atoms with E-state index in [0.29, 0.717) is 40.6 Å². The van der Waals surface area contributed by atoms with Crippen LogP contribution in [0.3, 0.4) is 0 Å². The molecule has 0 spiro atoms. The molecule has 9 heteroatoms. The number of rotatable bonds is 8. The first-order chi connectivity index (χ1) is 14.7. The molecule has 2 aromatic rings. The Kier molecular flexibility index (Phi) is 8.26. The summed E-state index contributed by atoms with van der Waals surface area (Å²) in [5, 5.41) is 10.1. The van der Waals surface area contributed by atoms with Crippen LogP contribution in [0, 0.1) is 17.3 Å². The van der Waals surface area contributed by atoms with Crippen LogP contribution in [0.1, 0.15) is 32.1 Å². The summed E-state index contributed by atoms with van der Waals surface area (Å²) >= 11 is 7.53. The molecular formula is C22H29ClF2N2O3S. The standard InChI is InChI=1S/C22H29ClF2N2O3S/c1-22(2,3)15-6-14(12-29-13-28)9-27(10-15)11-17-8-26-20(31-17)18-7-16(23)4-5-19(18)30-21(24)25/h4-5,7-8,14-15,21,28H,6,9-13H2,1-3H3/t14-,15-/m1/s1. The van der Waals surface area contributed by atoms with E-state index in [2.05, 4.69) is 35.4 Å². The molecular weight excluding hydrogens is 446 g/mol. The third-order valence-corrected chi connectivity index (χ3v) is 6.85. The van der Waals surface area contributed by atoms with Gasteiger partial charge in [0.05, 0.1) is 12.2 Å². The first kappa shape index (κ1) is 24.3. The average molecular weight is 475 g/mol. The van der Waals surface area contributed by atoms with Gasteiger partial charge in [-0.1, -0.05) is 32.4 Å². The van der Waals surface area contributed by atoms with Crippen molar-refractivity contribution in [2.75, 3.05) is 26.5 Å². The maximum absolute atomic E-state index is 12.8. The van der Waals surface area contributed by atoms with Gasteiger partial charge in [0.15, 0.2) is 0 Å². The highest BCUT2D eigenvalue weighted by molar-refractivity contribution is 7.15. The van der Waals surface area contributed by atoms with E-state index < -0.39 is 6.61 Å². The summed E-state index contributed by atoms with van der Waals surface area (Å²) in [4.78, 5) is 7.87. The molecule has 0 aliphatic carbocycles. The SMILES string of the molecule is CC(C)(C)[C@@H]1C[C@@H](COCO)CN(Cc2cnc(-c3cc(Cl)ccc3OC(F)F)s2)C1. The lowest BCUT2D eigenvalue weighted by Crippen LogP contribution is -2.45. The molecule has 0 amide bonds. The van der Waals surface area contributed by atoms with Crippen molar-refractivity contribution in [3.63, 3.8) is 0 Å². The van der Waals surface area contributed by atoms with Crippen LogP contribution in [0.5, 0.6) is 5.75 Å². The van der Waals surface area contributed by atoms with Gasteiger partial charge in [0, 0.05) is 35.7 Å². The van der Waals surface area contributed by atoms with E-state index in [-0.39, 0.29) is 18.0 Å². The smallest absolute Gasteiger partial charge is 0.387 e. The van der Waals surface area contributed by atoms with E-state index >= 15 is 0 Å². The largest absolute Gasteiger partial charge is 0.434 e. The number of aliphatic hydroxyl groups is 1. The average Bonchev–Trinajstić information content (AvgIpc) is 3.15.